The molecule has 1 unspecified atom stereocenters. The minimum absolute atomic E-state index is 0.450. The van der Waals surface area contributed by atoms with Crippen molar-refractivity contribution in [3.8, 4) is 0 Å². The minimum atomic E-state index is 0.450. The maximum absolute atomic E-state index is 4.41. The highest BCUT2D eigenvalue weighted by molar-refractivity contribution is 5.24. The van der Waals surface area contributed by atoms with Crippen molar-refractivity contribution in [2.75, 3.05) is 38.5 Å². The van der Waals surface area contributed by atoms with Gasteiger partial charge in [-0.3, -0.25) is 9.80 Å². The maximum Gasteiger partial charge on any atom is 0.222 e. The first kappa shape index (κ1) is 16.9. The van der Waals surface area contributed by atoms with E-state index in [0.29, 0.717) is 6.04 Å². The Balaban J connectivity index is 1.61. The van der Waals surface area contributed by atoms with Gasteiger partial charge in [0.15, 0.2) is 0 Å². The van der Waals surface area contributed by atoms with Crippen LogP contribution in [-0.4, -0.2) is 53.0 Å². The second kappa shape index (κ2) is 8.22. The second-order valence-electron chi connectivity index (χ2n) is 6.48. The summed E-state index contributed by atoms with van der Waals surface area (Å²) in [5.41, 5.74) is 2.56. The molecule has 1 aromatic heterocycles. The van der Waals surface area contributed by atoms with E-state index in [2.05, 4.69) is 69.4 Å². The van der Waals surface area contributed by atoms with Crippen molar-refractivity contribution in [2.24, 2.45) is 0 Å². The standard InChI is InChI=1S/C19H27N5/c1-3-9-20-19-21-12-16(13-22-19)14-24-11-10-23(2)18(15-24)17-7-5-4-6-8-17/h4-8,12-13,18H,3,9-11,14-15H2,1-2H3,(H,20,21,22). The van der Waals surface area contributed by atoms with Crippen LogP contribution < -0.4 is 5.32 Å². The van der Waals surface area contributed by atoms with E-state index in [1.165, 1.54) is 11.1 Å². The Morgan fingerprint density at radius 2 is 1.88 bits per heavy atom. The normalized spacial score (nSPS) is 19.3. The van der Waals surface area contributed by atoms with Crippen LogP contribution in [0.3, 0.4) is 0 Å². The first-order chi connectivity index (χ1) is 11.8. The summed E-state index contributed by atoms with van der Waals surface area (Å²) < 4.78 is 0. The summed E-state index contributed by atoms with van der Waals surface area (Å²) in [4.78, 5) is 13.8. The molecule has 0 aliphatic carbocycles. The molecule has 5 nitrogen and oxygen atoms in total. The van der Waals surface area contributed by atoms with Crippen LogP contribution in [0.25, 0.3) is 0 Å². The summed E-state index contributed by atoms with van der Waals surface area (Å²) in [7, 11) is 2.21. The number of nitrogens with zero attached hydrogens (tertiary/aromatic N) is 4. The molecule has 1 fully saturated rings. The third-order valence-corrected chi connectivity index (χ3v) is 4.56. The second-order valence-corrected chi connectivity index (χ2v) is 6.48. The molecule has 0 amide bonds. The number of benzene rings is 1. The molecule has 1 atom stereocenters. The molecular formula is C19H27N5. The van der Waals surface area contributed by atoms with E-state index < -0.39 is 0 Å². The van der Waals surface area contributed by atoms with Gasteiger partial charge in [0.05, 0.1) is 0 Å². The third-order valence-electron chi connectivity index (χ3n) is 4.56. The van der Waals surface area contributed by atoms with Crippen molar-refractivity contribution in [1.82, 2.24) is 19.8 Å². The van der Waals surface area contributed by atoms with Gasteiger partial charge in [-0.2, -0.15) is 0 Å². The molecule has 3 rings (SSSR count). The van der Waals surface area contributed by atoms with Crippen LogP contribution >= 0.6 is 0 Å². The largest absolute Gasteiger partial charge is 0.354 e. The molecule has 2 aromatic rings. The monoisotopic (exact) mass is 325 g/mol. The van der Waals surface area contributed by atoms with Gasteiger partial charge in [-0.25, -0.2) is 9.97 Å². The number of anilines is 1. The lowest BCUT2D eigenvalue weighted by Gasteiger charge is -2.39. The highest BCUT2D eigenvalue weighted by Gasteiger charge is 2.25. The third kappa shape index (κ3) is 4.30. The fourth-order valence-corrected chi connectivity index (χ4v) is 3.13. The zero-order chi connectivity index (χ0) is 16.8. The number of hydrogen-bond acceptors (Lipinski definition) is 5. The quantitative estimate of drug-likeness (QED) is 0.885. The first-order valence-electron chi connectivity index (χ1n) is 8.78. The van der Waals surface area contributed by atoms with E-state index >= 15 is 0 Å². The summed E-state index contributed by atoms with van der Waals surface area (Å²) in [6.07, 6.45) is 4.97. The van der Waals surface area contributed by atoms with Crippen molar-refractivity contribution in [3.05, 3.63) is 53.9 Å². The topological polar surface area (TPSA) is 44.3 Å². The molecule has 0 spiro atoms. The highest BCUT2D eigenvalue weighted by atomic mass is 15.3. The predicted octanol–water partition coefficient (Wildman–Crippen LogP) is 2.79. The molecule has 1 saturated heterocycles. The van der Waals surface area contributed by atoms with Gasteiger partial charge in [-0.05, 0) is 19.0 Å². The van der Waals surface area contributed by atoms with Crippen LogP contribution in [0.2, 0.25) is 0 Å². The van der Waals surface area contributed by atoms with E-state index in [9.17, 15) is 0 Å². The van der Waals surface area contributed by atoms with E-state index in [0.717, 1.165) is 45.1 Å². The zero-order valence-corrected chi connectivity index (χ0v) is 14.7. The van der Waals surface area contributed by atoms with Gasteiger partial charge in [0.2, 0.25) is 5.95 Å². The predicted molar refractivity (Wildman–Crippen MR) is 97.9 cm³/mol. The Kier molecular flexibility index (Phi) is 5.77. The van der Waals surface area contributed by atoms with Crippen LogP contribution in [0.5, 0.6) is 0 Å². The van der Waals surface area contributed by atoms with Crippen LogP contribution in [0.15, 0.2) is 42.7 Å². The van der Waals surface area contributed by atoms with Gasteiger partial charge in [0, 0.05) is 56.7 Å². The highest BCUT2D eigenvalue weighted by Crippen LogP contribution is 2.24. The smallest absolute Gasteiger partial charge is 0.222 e. The first-order valence-corrected chi connectivity index (χ1v) is 8.78. The van der Waals surface area contributed by atoms with Gasteiger partial charge < -0.3 is 5.32 Å². The lowest BCUT2D eigenvalue weighted by molar-refractivity contribution is 0.0903. The average molecular weight is 325 g/mol. The Morgan fingerprint density at radius 1 is 1.12 bits per heavy atom. The van der Waals surface area contributed by atoms with Gasteiger partial charge >= 0.3 is 0 Å². The molecule has 2 heterocycles. The van der Waals surface area contributed by atoms with Crippen molar-refractivity contribution in [3.63, 3.8) is 0 Å². The number of rotatable bonds is 6. The van der Waals surface area contributed by atoms with Gasteiger partial charge in [-0.1, -0.05) is 37.3 Å². The molecule has 0 radical (unpaired) electrons. The lowest BCUT2D eigenvalue weighted by Crippen LogP contribution is -2.46. The molecule has 0 bridgehead atoms. The number of hydrogen-bond donors (Lipinski definition) is 1. The maximum atomic E-state index is 4.41. The van der Waals surface area contributed by atoms with E-state index in [-0.39, 0.29) is 0 Å². The van der Waals surface area contributed by atoms with Gasteiger partial charge in [0.1, 0.15) is 0 Å². The summed E-state index contributed by atoms with van der Waals surface area (Å²) in [5, 5.41) is 3.22. The van der Waals surface area contributed by atoms with Crippen molar-refractivity contribution < 1.29 is 0 Å². The fraction of sp³-hybridized carbons (Fsp3) is 0.474. The average Bonchev–Trinajstić information content (AvgIpc) is 2.63. The SMILES string of the molecule is CCCNc1ncc(CN2CCN(C)C(c3ccccc3)C2)cn1. The molecular weight excluding hydrogens is 298 g/mol. The lowest BCUT2D eigenvalue weighted by atomic mass is 10.0. The fourth-order valence-electron chi connectivity index (χ4n) is 3.13. The van der Waals surface area contributed by atoms with Crippen molar-refractivity contribution >= 4 is 5.95 Å². The molecule has 1 N–H and O–H groups in total. The Hall–Kier alpha value is -1.98. The number of nitrogens with one attached hydrogen (secondary N) is 1. The van der Waals surface area contributed by atoms with Crippen LogP contribution in [0.1, 0.15) is 30.5 Å². The molecule has 128 valence electrons. The van der Waals surface area contributed by atoms with E-state index in [1.807, 2.05) is 12.4 Å². The molecule has 1 aliphatic heterocycles. The van der Waals surface area contributed by atoms with Crippen molar-refractivity contribution in [1.29, 1.82) is 0 Å². The molecule has 1 aromatic carbocycles. The Labute approximate surface area is 144 Å². The van der Waals surface area contributed by atoms with Gasteiger partial charge in [0.25, 0.3) is 0 Å². The van der Waals surface area contributed by atoms with E-state index in [1.54, 1.807) is 0 Å². The minimum Gasteiger partial charge on any atom is -0.354 e. The van der Waals surface area contributed by atoms with Crippen LogP contribution in [0, 0.1) is 0 Å². The number of likely N-dealkylation sites (N-methyl/N-ethyl adjacent to an activating group) is 1. The number of piperazine rings is 1. The molecule has 24 heavy (non-hydrogen) atoms. The summed E-state index contributed by atoms with van der Waals surface area (Å²) >= 11 is 0. The van der Waals surface area contributed by atoms with Crippen LogP contribution in [0.4, 0.5) is 5.95 Å². The Morgan fingerprint density at radius 3 is 2.58 bits per heavy atom. The summed E-state index contributed by atoms with van der Waals surface area (Å²) in [6, 6.07) is 11.2. The molecule has 0 saturated carbocycles. The van der Waals surface area contributed by atoms with Crippen molar-refractivity contribution in [2.45, 2.75) is 25.9 Å². The van der Waals surface area contributed by atoms with E-state index in [4.69, 9.17) is 0 Å². The zero-order valence-electron chi connectivity index (χ0n) is 14.7. The van der Waals surface area contributed by atoms with Gasteiger partial charge in [-0.15, -0.1) is 0 Å². The molecule has 5 heteroatoms. The number of aromatic nitrogens is 2. The molecule has 1 aliphatic rings. The Bertz CT molecular complexity index is 613. The summed E-state index contributed by atoms with van der Waals surface area (Å²) in [6.45, 7) is 7.16. The van der Waals surface area contributed by atoms with Crippen LogP contribution in [-0.2, 0) is 6.54 Å². The summed E-state index contributed by atoms with van der Waals surface area (Å²) in [5.74, 6) is 0.723.